The second-order valence-corrected chi connectivity index (χ2v) is 3.26. The van der Waals surface area contributed by atoms with Crippen molar-refractivity contribution in [1.82, 2.24) is 4.90 Å². The molecule has 1 heterocycles. The molecule has 0 bridgehead atoms. The van der Waals surface area contributed by atoms with Crippen LogP contribution in [0.3, 0.4) is 0 Å². The summed E-state index contributed by atoms with van der Waals surface area (Å²) in [5.41, 5.74) is 1.13. The third kappa shape index (κ3) is 3.05. The Morgan fingerprint density at radius 1 is 1.31 bits per heavy atom. The smallest absolute Gasteiger partial charge is 0.122 e. The SMILES string of the molecule is C=C/C(F)=C\C=C(/C)N1CCCC1. The quantitative estimate of drug-likeness (QED) is 0.605. The largest absolute Gasteiger partial charge is 0.375 e. The summed E-state index contributed by atoms with van der Waals surface area (Å²) in [6.07, 6.45) is 6.98. The van der Waals surface area contributed by atoms with Gasteiger partial charge in [-0.1, -0.05) is 6.58 Å². The average Bonchev–Trinajstić information content (AvgIpc) is 2.66. The van der Waals surface area contributed by atoms with Gasteiger partial charge in [0, 0.05) is 18.8 Å². The molecule has 13 heavy (non-hydrogen) atoms. The molecule has 0 atom stereocenters. The first-order valence-corrected chi connectivity index (χ1v) is 4.65. The molecule has 0 saturated carbocycles. The Bertz CT molecular complexity index is 234. The Balaban J connectivity index is 2.54. The Hall–Kier alpha value is -1.05. The zero-order valence-corrected chi connectivity index (χ0v) is 8.09. The molecule has 1 nitrogen and oxygen atoms in total. The Morgan fingerprint density at radius 2 is 1.92 bits per heavy atom. The Kier molecular flexibility index (Phi) is 3.74. The van der Waals surface area contributed by atoms with E-state index in [1.807, 2.05) is 13.0 Å². The van der Waals surface area contributed by atoms with E-state index in [2.05, 4.69) is 11.5 Å². The minimum atomic E-state index is -0.279. The van der Waals surface area contributed by atoms with Crippen molar-refractivity contribution in [3.05, 3.63) is 36.3 Å². The van der Waals surface area contributed by atoms with E-state index in [1.165, 1.54) is 25.0 Å². The number of halogens is 1. The third-order valence-electron chi connectivity index (χ3n) is 2.28. The van der Waals surface area contributed by atoms with Crippen LogP contribution in [0, 0.1) is 0 Å². The number of rotatable bonds is 3. The van der Waals surface area contributed by atoms with Gasteiger partial charge >= 0.3 is 0 Å². The van der Waals surface area contributed by atoms with E-state index in [1.54, 1.807) is 0 Å². The minimum Gasteiger partial charge on any atom is -0.375 e. The van der Waals surface area contributed by atoms with Crippen molar-refractivity contribution in [1.29, 1.82) is 0 Å². The predicted molar refractivity (Wildman–Crippen MR) is 54.0 cm³/mol. The number of nitrogens with zero attached hydrogens (tertiary/aromatic N) is 1. The maximum Gasteiger partial charge on any atom is 0.122 e. The van der Waals surface area contributed by atoms with Crippen molar-refractivity contribution >= 4 is 0 Å². The van der Waals surface area contributed by atoms with Crippen LogP contribution in [0.1, 0.15) is 19.8 Å². The van der Waals surface area contributed by atoms with Gasteiger partial charge in [-0.3, -0.25) is 0 Å². The van der Waals surface area contributed by atoms with Gasteiger partial charge in [-0.15, -0.1) is 0 Å². The molecule has 0 spiro atoms. The highest BCUT2D eigenvalue weighted by atomic mass is 19.1. The van der Waals surface area contributed by atoms with Gasteiger partial charge < -0.3 is 4.90 Å². The normalized spacial score (nSPS) is 19.4. The van der Waals surface area contributed by atoms with Crippen molar-refractivity contribution in [2.75, 3.05) is 13.1 Å². The van der Waals surface area contributed by atoms with E-state index >= 15 is 0 Å². The number of hydrogen-bond acceptors (Lipinski definition) is 1. The van der Waals surface area contributed by atoms with Gasteiger partial charge in [0.2, 0.25) is 0 Å². The van der Waals surface area contributed by atoms with Crippen LogP contribution in [-0.2, 0) is 0 Å². The second kappa shape index (κ2) is 4.85. The van der Waals surface area contributed by atoms with Crippen LogP contribution in [0.25, 0.3) is 0 Å². The van der Waals surface area contributed by atoms with E-state index in [0.717, 1.165) is 18.8 Å². The fourth-order valence-corrected chi connectivity index (χ4v) is 1.44. The molecule has 0 aromatic rings. The first-order chi connectivity index (χ1) is 6.24. The molecule has 1 aliphatic rings. The number of hydrogen-bond donors (Lipinski definition) is 0. The van der Waals surface area contributed by atoms with Gasteiger partial charge in [0.1, 0.15) is 5.83 Å². The van der Waals surface area contributed by atoms with Gasteiger partial charge in [0.25, 0.3) is 0 Å². The standard InChI is InChI=1S/C11H16FN/c1-3-11(12)7-6-10(2)13-8-4-5-9-13/h3,6-7H,1,4-5,8-9H2,2H3/b10-6+,11-7+. The first kappa shape index (κ1) is 10.0. The maximum absolute atomic E-state index is 12.7. The molecule has 2 heteroatoms. The molecule has 0 unspecified atom stereocenters. The molecule has 0 radical (unpaired) electrons. The zero-order chi connectivity index (χ0) is 9.68. The topological polar surface area (TPSA) is 3.24 Å². The number of likely N-dealkylation sites (tertiary alicyclic amines) is 1. The van der Waals surface area contributed by atoms with Crippen LogP contribution in [0.4, 0.5) is 4.39 Å². The minimum absolute atomic E-state index is 0.279. The first-order valence-electron chi connectivity index (χ1n) is 4.65. The summed E-state index contributed by atoms with van der Waals surface area (Å²) in [6.45, 7) is 7.57. The van der Waals surface area contributed by atoms with Crippen molar-refractivity contribution in [3.8, 4) is 0 Å². The molecule has 1 fully saturated rings. The zero-order valence-electron chi connectivity index (χ0n) is 8.09. The summed E-state index contributed by atoms with van der Waals surface area (Å²) < 4.78 is 12.7. The van der Waals surface area contributed by atoms with Gasteiger partial charge in [-0.25, -0.2) is 4.39 Å². The molecule has 0 aromatic heterocycles. The lowest BCUT2D eigenvalue weighted by molar-refractivity contribution is 0.427. The van der Waals surface area contributed by atoms with Crippen LogP contribution in [0.2, 0.25) is 0 Å². The molecule has 1 aliphatic heterocycles. The lowest BCUT2D eigenvalue weighted by atomic mass is 10.3. The lowest BCUT2D eigenvalue weighted by Gasteiger charge is -2.17. The maximum atomic E-state index is 12.7. The van der Waals surface area contributed by atoms with Crippen LogP contribution in [0.15, 0.2) is 36.3 Å². The fourth-order valence-electron chi connectivity index (χ4n) is 1.44. The summed E-state index contributed by atoms with van der Waals surface area (Å²) in [7, 11) is 0. The fraction of sp³-hybridized carbons (Fsp3) is 0.455. The molecular weight excluding hydrogens is 165 g/mol. The van der Waals surface area contributed by atoms with E-state index in [-0.39, 0.29) is 5.83 Å². The Labute approximate surface area is 79.2 Å². The molecule has 72 valence electrons. The predicted octanol–water partition coefficient (Wildman–Crippen LogP) is 3.03. The highest BCUT2D eigenvalue weighted by Gasteiger charge is 2.10. The highest BCUT2D eigenvalue weighted by Crippen LogP contribution is 2.14. The van der Waals surface area contributed by atoms with Gasteiger partial charge in [0.15, 0.2) is 0 Å². The third-order valence-corrected chi connectivity index (χ3v) is 2.28. The molecule has 0 aliphatic carbocycles. The van der Waals surface area contributed by atoms with Gasteiger partial charge in [-0.2, -0.15) is 0 Å². The summed E-state index contributed by atoms with van der Waals surface area (Å²) in [6, 6.07) is 0. The van der Waals surface area contributed by atoms with Crippen molar-refractivity contribution in [3.63, 3.8) is 0 Å². The van der Waals surface area contributed by atoms with Crippen LogP contribution in [-0.4, -0.2) is 18.0 Å². The summed E-state index contributed by atoms with van der Waals surface area (Å²) in [4.78, 5) is 2.27. The molecule has 0 amide bonds. The monoisotopic (exact) mass is 181 g/mol. The van der Waals surface area contributed by atoms with E-state index in [9.17, 15) is 4.39 Å². The van der Waals surface area contributed by atoms with Crippen LogP contribution < -0.4 is 0 Å². The van der Waals surface area contributed by atoms with Crippen molar-refractivity contribution in [2.24, 2.45) is 0 Å². The lowest BCUT2D eigenvalue weighted by Crippen LogP contribution is -2.16. The summed E-state index contributed by atoms with van der Waals surface area (Å²) >= 11 is 0. The number of allylic oxidation sites excluding steroid dienone is 5. The van der Waals surface area contributed by atoms with Gasteiger partial charge in [0.05, 0.1) is 0 Å². The molecule has 0 N–H and O–H groups in total. The Morgan fingerprint density at radius 3 is 2.46 bits per heavy atom. The van der Waals surface area contributed by atoms with E-state index in [4.69, 9.17) is 0 Å². The van der Waals surface area contributed by atoms with Crippen LogP contribution in [0.5, 0.6) is 0 Å². The summed E-state index contributed by atoms with van der Waals surface area (Å²) in [5.74, 6) is -0.279. The van der Waals surface area contributed by atoms with Crippen LogP contribution >= 0.6 is 0 Å². The average molecular weight is 181 g/mol. The van der Waals surface area contributed by atoms with E-state index < -0.39 is 0 Å². The second-order valence-electron chi connectivity index (χ2n) is 3.26. The van der Waals surface area contributed by atoms with Crippen molar-refractivity contribution < 1.29 is 4.39 Å². The molecule has 1 rings (SSSR count). The molecular formula is C11H16FN. The van der Waals surface area contributed by atoms with E-state index in [0.29, 0.717) is 0 Å². The van der Waals surface area contributed by atoms with Gasteiger partial charge in [-0.05, 0) is 38.0 Å². The molecule has 1 saturated heterocycles. The van der Waals surface area contributed by atoms with Crippen molar-refractivity contribution in [2.45, 2.75) is 19.8 Å². The summed E-state index contributed by atoms with van der Waals surface area (Å²) in [5, 5.41) is 0. The molecule has 0 aromatic carbocycles. The highest BCUT2D eigenvalue weighted by molar-refractivity contribution is 5.18.